The van der Waals surface area contributed by atoms with Crippen molar-refractivity contribution in [2.45, 2.75) is 13.5 Å². The molecule has 0 aliphatic rings. The molecule has 1 rings (SSSR count). The summed E-state index contributed by atoms with van der Waals surface area (Å²) < 4.78 is 0. The lowest BCUT2D eigenvalue weighted by atomic mass is 10.3. The van der Waals surface area contributed by atoms with E-state index in [1.807, 2.05) is 0 Å². The number of hydrogen-bond acceptors (Lipinski definition) is 3. The van der Waals surface area contributed by atoms with E-state index >= 15 is 0 Å². The van der Waals surface area contributed by atoms with E-state index < -0.39 is 0 Å². The van der Waals surface area contributed by atoms with Crippen LogP contribution in [0.2, 0.25) is 10.3 Å². The monoisotopic (exact) mass is 219 g/mol. The summed E-state index contributed by atoms with van der Waals surface area (Å²) in [6.45, 7) is 1.73. The van der Waals surface area contributed by atoms with Crippen molar-refractivity contribution in [2.75, 3.05) is 0 Å². The van der Waals surface area contributed by atoms with Crippen molar-refractivity contribution in [2.24, 2.45) is 0 Å². The van der Waals surface area contributed by atoms with Gasteiger partial charge in [0.05, 0.1) is 0 Å². The smallest absolute Gasteiger partial charge is 0.217 e. The topological polar surface area (TPSA) is 54.9 Å². The largest absolute Gasteiger partial charge is 0.352 e. The Labute approximate surface area is 85.3 Å². The third-order valence-corrected chi connectivity index (χ3v) is 1.82. The average molecular weight is 220 g/mol. The summed E-state index contributed by atoms with van der Waals surface area (Å²) in [6.07, 6.45) is 0. The Morgan fingerprint density at radius 1 is 1.54 bits per heavy atom. The predicted molar refractivity (Wildman–Crippen MR) is 49.6 cm³/mol. The molecule has 1 amide bonds. The Balaban J connectivity index is 2.75. The SMILES string of the molecule is CC(=O)NCc1cc(Cl)nnc1Cl. The summed E-state index contributed by atoms with van der Waals surface area (Å²) in [5.41, 5.74) is 0.650. The number of nitrogens with one attached hydrogen (secondary N) is 1. The maximum atomic E-state index is 10.6. The van der Waals surface area contributed by atoms with Crippen molar-refractivity contribution in [1.29, 1.82) is 0 Å². The van der Waals surface area contributed by atoms with Gasteiger partial charge in [-0.2, -0.15) is 0 Å². The first-order valence-electron chi connectivity index (χ1n) is 3.51. The molecule has 0 atom stereocenters. The number of aromatic nitrogens is 2. The highest BCUT2D eigenvalue weighted by atomic mass is 35.5. The second-order valence-electron chi connectivity index (χ2n) is 2.39. The molecule has 0 radical (unpaired) electrons. The summed E-state index contributed by atoms with van der Waals surface area (Å²) >= 11 is 11.3. The quantitative estimate of drug-likeness (QED) is 0.819. The highest BCUT2D eigenvalue weighted by Crippen LogP contribution is 2.14. The van der Waals surface area contributed by atoms with E-state index in [9.17, 15) is 4.79 Å². The van der Waals surface area contributed by atoms with Crippen molar-refractivity contribution >= 4 is 29.1 Å². The van der Waals surface area contributed by atoms with Gasteiger partial charge in [-0.3, -0.25) is 4.79 Å². The van der Waals surface area contributed by atoms with Crippen LogP contribution in [0.25, 0.3) is 0 Å². The maximum absolute atomic E-state index is 10.6. The zero-order chi connectivity index (χ0) is 9.84. The molecule has 70 valence electrons. The molecule has 4 nitrogen and oxygen atoms in total. The summed E-state index contributed by atoms with van der Waals surface area (Å²) in [5.74, 6) is -0.135. The number of nitrogens with zero attached hydrogens (tertiary/aromatic N) is 2. The second kappa shape index (κ2) is 4.39. The van der Waals surface area contributed by atoms with Gasteiger partial charge in [0, 0.05) is 19.0 Å². The van der Waals surface area contributed by atoms with E-state index in [0.29, 0.717) is 12.1 Å². The number of rotatable bonds is 2. The number of hydrogen-bond donors (Lipinski definition) is 1. The first kappa shape index (κ1) is 10.2. The summed E-state index contributed by atoms with van der Waals surface area (Å²) in [4.78, 5) is 10.6. The van der Waals surface area contributed by atoms with Crippen molar-refractivity contribution in [3.05, 3.63) is 21.9 Å². The highest BCUT2D eigenvalue weighted by Gasteiger charge is 2.03. The van der Waals surface area contributed by atoms with Crippen LogP contribution in [0.5, 0.6) is 0 Å². The fourth-order valence-corrected chi connectivity index (χ4v) is 1.06. The van der Waals surface area contributed by atoms with Crippen LogP contribution in [0.15, 0.2) is 6.07 Å². The molecule has 1 aromatic heterocycles. The van der Waals surface area contributed by atoms with Crippen molar-refractivity contribution in [3.8, 4) is 0 Å². The van der Waals surface area contributed by atoms with Crippen LogP contribution in [-0.4, -0.2) is 16.1 Å². The number of halogens is 2. The first-order chi connectivity index (χ1) is 6.09. The van der Waals surface area contributed by atoms with E-state index in [-0.39, 0.29) is 16.2 Å². The maximum Gasteiger partial charge on any atom is 0.217 e. The van der Waals surface area contributed by atoms with Gasteiger partial charge in [0.15, 0.2) is 10.3 Å². The molecule has 0 saturated carbocycles. The van der Waals surface area contributed by atoms with Gasteiger partial charge in [0.2, 0.25) is 5.91 Å². The van der Waals surface area contributed by atoms with Gasteiger partial charge in [0.1, 0.15) is 0 Å². The first-order valence-corrected chi connectivity index (χ1v) is 4.27. The number of carbonyl (C=O) groups excluding carboxylic acids is 1. The molecule has 1 heterocycles. The molecule has 0 aromatic carbocycles. The van der Waals surface area contributed by atoms with Crippen LogP contribution in [0, 0.1) is 0 Å². The normalized spacial score (nSPS) is 9.77. The molecule has 13 heavy (non-hydrogen) atoms. The lowest BCUT2D eigenvalue weighted by Crippen LogP contribution is -2.19. The Bertz CT molecular complexity index is 330. The van der Waals surface area contributed by atoms with Crippen molar-refractivity contribution < 1.29 is 4.79 Å². The molecule has 0 aliphatic carbocycles. The van der Waals surface area contributed by atoms with Crippen molar-refractivity contribution in [3.63, 3.8) is 0 Å². The van der Waals surface area contributed by atoms with Crippen LogP contribution >= 0.6 is 23.2 Å². The molecule has 0 bridgehead atoms. The molecule has 0 unspecified atom stereocenters. The molecular weight excluding hydrogens is 213 g/mol. The van der Waals surface area contributed by atoms with E-state index in [0.717, 1.165) is 0 Å². The Kier molecular flexibility index (Phi) is 3.45. The van der Waals surface area contributed by atoms with Gasteiger partial charge in [0.25, 0.3) is 0 Å². The third-order valence-electron chi connectivity index (χ3n) is 1.32. The van der Waals surface area contributed by atoms with Gasteiger partial charge in [-0.1, -0.05) is 23.2 Å². The van der Waals surface area contributed by atoms with Crippen molar-refractivity contribution in [1.82, 2.24) is 15.5 Å². The average Bonchev–Trinajstić information content (AvgIpc) is 2.06. The van der Waals surface area contributed by atoms with Crippen LogP contribution in [0.4, 0.5) is 0 Å². The Morgan fingerprint density at radius 3 is 2.85 bits per heavy atom. The van der Waals surface area contributed by atoms with E-state index in [2.05, 4.69) is 15.5 Å². The molecule has 1 N–H and O–H groups in total. The molecular formula is C7H7Cl2N3O. The summed E-state index contributed by atoms with van der Waals surface area (Å²) in [7, 11) is 0. The fourth-order valence-electron chi connectivity index (χ4n) is 0.732. The molecule has 1 aromatic rings. The minimum absolute atomic E-state index is 0.135. The lowest BCUT2D eigenvalue weighted by molar-refractivity contribution is -0.119. The molecule has 0 fully saturated rings. The third kappa shape index (κ3) is 3.16. The standard InChI is InChI=1S/C7H7Cl2N3O/c1-4(13)10-3-5-2-6(8)11-12-7(5)9/h2H,3H2,1H3,(H,10,13). The predicted octanol–water partition coefficient (Wildman–Crippen LogP) is 1.42. The molecule has 0 saturated heterocycles. The Morgan fingerprint density at radius 2 is 2.23 bits per heavy atom. The fraction of sp³-hybridized carbons (Fsp3) is 0.286. The summed E-state index contributed by atoms with van der Waals surface area (Å²) in [6, 6.07) is 1.56. The van der Waals surface area contributed by atoms with Gasteiger partial charge >= 0.3 is 0 Å². The highest BCUT2D eigenvalue weighted by molar-refractivity contribution is 6.31. The second-order valence-corrected chi connectivity index (χ2v) is 3.14. The zero-order valence-corrected chi connectivity index (χ0v) is 8.35. The minimum Gasteiger partial charge on any atom is -0.352 e. The molecule has 0 spiro atoms. The van der Waals surface area contributed by atoms with Gasteiger partial charge in [-0.15, -0.1) is 10.2 Å². The van der Waals surface area contributed by atoms with Crippen LogP contribution in [0.1, 0.15) is 12.5 Å². The van der Waals surface area contributed by atoms with Gasteiger partial charge in [-0.25, -0.2) is 0 Å². The van der Waals surface area contributed by atoms with Crippen LogP contribution in [-0.2, 0) is 11.3 Å². The summed E-state index contributed by atoms with van der Waals surface area (Å²) in [5, 5.41) is 10.2. The van der Waals surface area contributed by atoms with E-state index in [1.54, 1.807) is 6.07 Å². The van der Waals surface area contributed by atoms with Gasteiger partial charge < -0.3 is 5.32 Å². The Hall–Kier alpha value is -0.870. The molecule has 6 heteroatoms. The minimum atomic E-state index is -0.135. The lowest BCUT2D eigenvalue weighted by Gasteiger charge is -2.03. The zero-order valence-electron chi connectivity index (χ0n) is 6.84. The van der Waals surface area contributed by atoms with E-state index in [4.69, 9.17) is 23.2 Å². The number of carbonyl (C=O) groups is 1. The molecule has 0 aliphatic heterocycles. The van der Waals surface area contributed by atoms with E-state index in [1.165, 1.54) is 6.92 Å². The van der Waals surface area contributed by atoms with Gasteiger partial charge in [-0.05, 0) is 6.07 Å². The van der Waals surface area contributed by atoms with Crippen LogP contribution in [0.3, 0.4) is 0 Å². The van der Waals surface area contributed by atoms with Crippen LogP contribution < -0.4 is 5.32 Å². The number of amides is 1.